The highest BCUT2D eigenvalue weighted by Gasteiger charge is 2.27. The molecule has 1 fully saturated rings. The molecular formula is C17H27ClN2O. The molecule has 0 spiro atoms. The van der Waals surface area contributed by atoms with Gasteiger partial charge in [-0.05, 0) is 31.7 Å². The summed E-state index contributed by atoms with van der Waals surface area (Å²) in [7, 11) is 0. The van der Waals surface area contributed by atoms with Crippen LogP contribution in [0, 0.1) is 6.92 Å². The average Bonchev–Trinajstić information content (AvgIpc) is 2.45. The maximum absolute atomic E-state index is 11.9. The zero-order valence-electron chi connectivity index (χ0n) is 12.9. The van der Waals surface area contributed by atoms with Gasteiger partial charge in [0.25, 0.3) is 0 Å². The first kappa shape index (κ1) is 18.0. The van der Waals surface area contributed by atoms with Crippen molar-refractivity contribution in [2.75, 3.05) is 6.54 Å². The fourth-order valence-corrected chi connectivity index (χ4v) is 2.81. The molecule has 1 aromatic rings. The fraction of sp³-hybridized carbons (Fsp3) is 0.588. The van der Waals surface area contributed by atoms with Gasteiger partial charge in [0.05, 0.1) is 0 Å². The van der Waals surface area contributed by atoms with Crippen LogP contribution in [0.3, 0.4) is 0 Å². The van der Waals surface area contributed by atoms with Crippen LogP contribution in [0.2, 0.25) is 0 Å². The summed E-state index contributed by atoms with van der Waals surface area (Å²) >= 11 is 0. The molecule has 3 N–H and O–H groups in total. The van der Waals surface area contributed by atoms with E-state index in [4.69, 9.17) is 5.73 Å². The first-order valence-electron chi connectivity index (χ1n) is 7.69. The van der Waals surface area contributed by atoms with Gasteiger partial charge in [-0.1, -0.05) is 49.1 Å². The predicted octanol–water partition coefficient (Wildman–Crippen LogP) is 3.13. The number of aryl methyl sites for hydroxylation is 2. The van der Waals surface area contributed by atoms with Gasteiger partial charge in [-0.2, -0.15) is 0 Å². The molecule has 4 heteroatoms. The smallest absolute Gasteiger partial charge is 0.220 e. The van der Waals surface area contributed by atoms with Gasteiger partial charge in [-0.15, -0.1) is 12.4 Å². The molecule has 0 heterocycles. The largest absolute Gasteiger partial charge is 0.354 e. The van der Waals surface area contributed by atoms with E-state index < -0.39 is 0 Å². The minimum Gasteiger partial charge on any atom is -0.354 e. The molecule has 21 heavy (non-hydrogen) atoms. The van der Waals surface area contributed by atoms with E-state index in [0.717, 1.165) is 19.3 Å². The summed E-state index contributed by atoms with van der Waals surface area (Å²) in [5, 5.41) is 3.01. The normalized spacial score (nSPS) is 16.9. The predicted molar refractivity (Wildman–Crippen MR) is 89.8 cm³/mol. The molecule has 0 aliphatic heterocycles. The maximum atomic E-state index is 11.9. The van der Waals surface area contributed by atoms with E-state index in [2.05, 4.69) is 36.5 Å². The number of rotatable bonds is 5. The third kappa shape index (κ3) is 6.06. The average molecular weight is 311 g/mol. The van der Waals surface area contributed by atoms with E-state index in [-0.39, 0.29) is 23.9 Å². The van der Waals surface area contributed by atoms with Crippen LogP contribution in [0.5, 0.6) is 0 Å². The van der Waals surface area contributed by atoms with E-state index in [0.29, 0.717) is 13.0 Å². The highest BCUT2D eigenvalue weighted by Crippen LogP contribution is 2.25. The van der Waals surface area contributed by atoms with Crippen molar-refractivity contribution in [2.45, 2.75) is 57.4 Å². The summed E-state index contributed by atoms with van der Waals surface area (Å²) < 4.78 is 0. The molecule has 0 saturated heterocycles. The molecule has 0 atom stereocenters. The molecule has 0 unspecified atom stereocenters. The van der Waals surface area contributed by atoms with Gasteiger partial charge in [-0.25, -0.2) is 0 Å². The standard InChI is InChI=1S/C17H26N2O.ClH/c1-14-5-7-15(8-6-14)9-10-16(20)19-13-17(18)11-3-2-4-12-17;/h5-8H,2-4,9-13,18H2,1H3,(H,19,20);1H. The Labute approximate surface area is 134 Å². The van der Waals surface area contributed by atoms with Crippen molar-refractivity contribution >= 4 is 18.3 Å². The van der Waals surface area contributed by atoms with Crippen molar-refractivity contribution in [3.8, 4) is 0 Å². The number of nitrogens with two attached hydrogens (primary N) is 1. The molecule has 1 aliphatic carbocycles. The topological polar surface area (TPSA) is 55.1 Å². The lowest BCUT2D eigenvalue weighted by atomic mass is 9.82. The number of benzene rings is 1. The van der Waals surface area contributed by atoms with Crippen molar-refractivity contribution in [2.24, 2.45) is 5.73 Å². The lowest BCUT2D eigenvalue weighted by Gasteiger charge is -2.33. The van der Waals surface area contributed by atoms with E-state index in [9.17, 15) is 4.79 Å². The van der Waals surface area contributed by atoms with E-state index >= 15 is 0 Å². The highest BCUT2D eigenvalue weighted by atomic mass is 35.5. The first-order valence-corrected chi connectivity index (χ1v) is 7.69. The molecule has 118 valence electrons. The minimum absolute atomic E-state index is 0. The van der Waals surface area contributed by atoms with Crippen LogP contribution in [-0.4, -0.2) is 18.0 Å². The lowest BCUT2D eigenvalue weighted by Crippen LogP contribution is -2.51. The highest BCUT2D eigenvalue weighted by molar-refractivity contribution is 5.85. The van der Waals surface area contributed by atoms with E-state index in [1.807, 2.05) is 0 Å². The molecule has 1 amide bonds. The Morgan fingerprint density at radius 3 is 2.43 bits per heavy atom. The second-order valence-electron chi connectivity index (χ2n) is 6.19. The third-order valence-electron chi connectivity index (χ3n) is 4.25. The number of carbonyl (C=O) groups is 1. The number of carbonyl (C=O) groups excluding carboxylic acids is 1. The van der Waals surface area contributed by atoms with Crippen molar-refractivity contribution in [3.63, 3.8) is 0 Å². The van der Waals surface area contributed by atoms with Crippen LogP contribution in [0.4, 0.5) is 0 Å². The van der Waals surface area contributed by atoms with Crippen LogP contribution < -0.4 is 11.1 Å². The van der Waals surface area contributed by atoms with Crippen LogP contribution in [0.15, 0.2) is 24.3 Å². The number of amides is 1. The molecule has 1 aromatic carbocycles. The van der Waals surface area contributed by atoms with Gasteiger partial charge >= 0.3 is 0 Å². The molecule has 3 nitrogen and oxygen atoms in total. The van der Waals surface area contributed by atoms with E-state index in [1.165, 1.54) is 30.4 Å². The minimum atomic E-state index is -0.169. The molecule has 1 saturated carbocycles. The van der Waals surface area contributed by atoms with Gasteiger partial charge in [0.15, 0.2) is 0 Å². The Kier molecular flexibility index (Phi) is 7.20. The SMILES string of the molecule is Cc1ccc(CCC(=O)NCC2(N)CCCCC2)cc1.Cl. The number of halogens is 1. The Balaban J connectivity index is 0.00000220. The first-order chi connectivity index (χ1) is 9.57. The summed E-state index contributed by atoms with van der Waals surface area (Å²) in [5.41, 5.74) is 8.61. The van der Waals surface area contributed by atoms with Crippen LogP contribution >= 0.6 is 12.4 Å². The fourth-order valence-electron chi connectivity index (χ4n) is 2.81. The molecular weight excluding hydrogens is 284 g/mol. The molecule has 0 bridgehead atoms. The summed E-state index contributed by atoms with van der Waals surface area (Å²) in [6.07, 6.45) is 7.06. The lowest BCUT2D eigenvalue weighted by molar-refractivity contribution is -0.121. The zero-order valence-corrected chi connectivity index (χ0v) is 13.7. The Morgan fingerprint density at radius 1 is 1.19 bits per heavy atom. The number of hydrogen-bond acceptors (Lipinski definition) is 2. The van der Waals surface area contributed by atoms with Crippen LogP contribution in [0.1, 0.15) is 49.7 Å². The number of hydrogen-bond donors (Lipinski definition) is 2. The second-order valence-corrected chi connectivity index (χ2v) is 6.19. The van der Waals surface area contributed by atoms with Gasteiger partial charge in [0, 0.05) is 18.5 Å². The molecule has 1 aliphatic rings. The second kappa shape index (κ2) is 8.40. The zero-order chi connectivity index (χ0) is 14.4. The monoisotopic (exact) mass is 310 g/mol. The van der Waals surface area contributed by atoms with Gasteiger partial charge < -0.3 is 11.1 Å². The quantitative estimate of drug-likeness (QED) is 0.878. The van der Waals surface area contributed by atoms with Crippen LogP contribution in [-0.2, 0) is 11.2 Å². The Morgan fingerprint density at radius 2 is 1.81 bits per heavy atom. The Hall–Kier alpha value is -1.06. The molecule has 2 rings (SSSR count). The molecule has 0 radical (unpaired) electrons. The summed E-state index contributed by atoms with van der Waals surface area (Å²) in [6.45, 7) is 2.70. The van der Waals surface area contributed by atoms with E-state index in [1.54, 1.807) is 0 Å². The summed E-state index contributed by atoms with van der Waals surface area (Å²) in [5.74, 6) is 0.112. The van der Waals surface area contributed by atoms with Crippen molar-refractivity contribution in [1.82, 2.24) is 5.32 Å². The molecule has 0 aromatic heterocycles. The summed E-state index contributed by atoms with van der Waals surface area (Å²) in [4.78, 5) is 11.9. The maximum Gasteiger partial charge on any atom is 0.220 e. The van der Waals surface area contributed by atoms with Gasteiger partial charge in [0.1, 0.15) is 0 Å². The van der Waals surface area contributed by atoms with Crippen molar-refractivity contribution < 1.29 is 4.79 Å². The van der Waals surface area contributed by atoms with Gasteiger partial charge in [-0.3, -0.25) is 4.79 Å². The summed E-state index contributed by atoms with van der Waals surface area (Å²) in [6, 6.07) is 8.36. The van der Waals surface area contributed by atoms with Crippen molar-refractivity contribution in [3.05, 3.63) is 35.4 Å². The van der Waals surface area contributed by atoms with Crippen molar-refractivity contribution in [1.29, 1.82) is 0 Å². The number of nitrogens with one attached hydrogen (secondary N) is 1. The van der Waals surface area contributed by atoms with Crippen LogP contribution in [0.25, 0.3) is 0 Å². The van der Waals surface area contributed by atoms with Gasteiger partial charge in [0.2, 0.25) is 5.91 Å². The third-order valence-corrected chi connectivity index (χ3v) is 4.25. The Bertz CT molecular complexity index is 439.